The number of aromatic nitrogens is 3. The number of carbonyl (C=O) groups is 1. The summed E-state index contributed by atoms with van der Waals surface area (Å²) in [5.74, 6) is -1.24. The lowest BCUT2D eigenvalue weighted by Gasteiger charge is -2.08. The van der Waals surface area contributed by atoms with Crippen LogP contribution in [0.2, 0.25) is 0 Å². The van der Waals surface area contributed by atoms with Crippen LogP contribution in [0.4, 0.5) is 10.1 Å². The summed E-state index contributed by atoms with van der Waals surface area (Å²) >= 11 is 0. The van der Waals surface area contributed by atoms with Crippen molar-refractivity contribution in [3.05, 3.63) is 36.4 Å². The molecule has 3 N–H and O–H groups in total. The number of benzene rings is 1. The van der Waals surface area contributed by atoms with E-state index in [9.17, 15) is 17.6 Å². The van der Waals surface area contributed by atoms with Gasteiger partial charge in [0.15, 0.2) is 0 Å². The molecule has 1 aromatic carbocycles. The zero-order valence-electron chi connectivity index (χ0n) is 10.7. The van der Waals surface area contributed by atoms with Crippen LogP contribution in [0.5, 0.6) is 0 Å². The van der Waals surface area contributed by atoms with Crippen LogP contribution >= 0.6 is 0 Å². The number of nitrogens with zero attached hydrogens (tertiary/aromatic N) is 3. The van der Waals surface area contributed by atoms with Crippen LogP contribution < -0.4 is 10.5 Å². The van der Waals surface area contributed by atoms with E-state index >= 15 is 0 Å². The molecule has 112 valence electrons. The second-order valence-corrected chi connectivity index (χ2v) is 5.71. The van der Waals surface area contributed by atoms with Gasteiger partial charge in [-0.2, -0.15) is 0 Å². The van der Waals surface area contributed by atoms with Gasteiger partial charge >= 0.3 is 0 Å². The number of primary sulfonamides is 1. The number of amides is 1. The van der Waals surface area contributed by atoms with Crippen molar-refractivity contribution in [3.8, 4) is 0 Å². The standard InChI is InChI=1S/C11H12FN5O3S/c12-9-2-1-8(21(13,19)20)7-10(9)15-11(18)3-5-17-6-4-14-16-17/h1-2,4,6-7H,3,5H2,(H,15,18)(H2,13,19,20). The Labute approximate surface area is 119 Å². The number of hydrogen-bond donors (Lipinski definition) is 2. The lowest BCUT2D eigenvalue weighted by molar-refractivity contribution is -0.116. The smallest absolute Gasteiger partial charge is 0.238 e. The third-order valence-corrected chi connectivity index (χ3v) is 3.49. The monoisotopic (exact) mass is 313 g/mol. The number of halogens is 1. The molecule has 1 heterocycles. The topological polar surface area (TPSA) is 120 Å². The fourth-order valence-corrected chi connectivity index (χ4v) is 2.10. The van der Waals surface area contributed by atoms with Gasteiger partial charge in [0.05, 0.1) is 23.3 Å². The Kier molecular flexibility index (Phi) is 4.29. The summed E-state index contributed by atoms with van der Waals surface area (Å²) in [4.78, 5) is 11.4. The maximum atomic E-state index is 13.6. The van der Waals surface area contributed by atoms with Gasteiger partial charge in [0, 0.05) is 12.6 Å². The van der Waals surface area contributed by atoms with Gasteiger partial charge in [-0.05, 0) is 18.2 Å². The van der Waals surface area contributed by atoms with Gasteiger partial charge < -0.3 is 5.32 Å². The Hall–Kier alpha value is -2.33. The Balaban J connectivity index is 2.06. The quantitative estimate of drug-likeness (QED) is 0.810. The van der Waals surface area contributed by atoms with Crippen molar-refractivity contribution >= 4 is 21.6 Å². The van der Waals surface area contributed by atoms with E-state index in [2.05, 4.69) is 15.6 Å². The molecule has 0 aliphatic heterocycles. The van der Waals surface area contributed by atoms with Crippen molar-refractivity contribution in [2.75, 3.05) is 5.32 Å². The highest BCUT2D eigenvalue weighted by Crippen LogP contribution is 2.18. The maximum absolute atomic E-state index is 13.6. The molecule has 0 saturated carbocycles. The molecule has 0 fully saturated rings. The summed E-state index contributed by atoms with van der Waals surface area (Å²) in [5.41, 5.74) is -0.245. The number of sulfonamides is 1. The van der Waals surface area contributed by atoms with Crippen LogP contribution in [0.15, 0.2) is 35.5 Å². The number of nitrogens with one attached hydrogen (secondary N) is 1. The number of aryl methyl sites for hydroxylation is 1. The molecule has 0 unspecified atom stereocenters. The molecular formula is C11H12FN5O3S. The van der Waals surface area contributed by atoms with Gasteiger partial charge in [-0.3, -0.25) is 9.48 Å². The van der Waals surface area contributed by atoms with Crippen LogP contribution in [0.1, 0.15) is 6.42 Å². The van der Waals surface area contributed by atoms with Gasteiger partial charge in [-0.25, -0.2) is 17.9 Å². The van der Waals surface area contributed by atoms with Crippen molar-refractivity contribution in [3.63, 3.8) is 0 Å². The fourth-order valence-electron chi connectivity index (χ4n) is 1.56. The molecular weight excluding hydrogens is 301 g/mol. The Morgan fingerprint density at radius 3 is 2.81 bits per heavy atom. The molecule has 1 amide bonds. The first-order chi connectivity index (χ1) is 9.86. The van der Waals surface area contributed by atoms with E-state index in [-0.39, 0.29) is 23.5 Å². The minimum Gasteiger partial charge on any atom is -0.324 e. The van der Waals surface area contributed by atoms with E-state index in [0.29, 0.717) is 0 Å². The highest BCUT2D eigenvalue weighted by molar-refractivity contribution is 7.89. The summed E-state index contributed by atoms with van der Waals surface area (Å²) in [6.45, 7) is 0.266. The average Bonchev–Trinajstić information content (AvgIpc) is 2.91. The molecule has 0 aliphatic rings. The van der Waals surface area contributed by atoms with E-state index in [1.807, 2.05) is 0 Å². The van der Waals surface area contributed by atoms with Crippen LogP contribution in [0, 0.1) is 5.82 Å². The second-order valence-electron chi connectivity index (χ2n) is 4.15. The van der Waals surface area contributed by atoms with Gasteiger partial charge in [-0.1, -0.05) is 5.21 Å². The van der Waals surface area contributed by atoms with E-state index in [1.165, 1.54) is 10.9 Å². The fraction of sp³-hybridized carbons (Fsp3) is 0.182. The lowest BCUT2D eigenvalue weighted by atomic mass is 10.3. The summed E-state index contributed by atoms with van der Waals surface area (Å²) < 4.78 is 37.4. The zero-order chi connectivity index (χ0) is 15.5. The molecule has 0 saturated heterocycles. The summed E-state index contributed by atoms with van der Waals surface area (Å²) in [7, 11) is -3.97. The maximum Gasteiger partial charge on any atom is 0.238 e. The van der Waals surface area contributed by atoms with Gasteiger partial charge in [-0.15, -0.1) is 5.10 Å². The van der Waals surface area contributed by atoms with Crippen LogP contribution in [-0.4, -0.2) is 29.3 Å². The molecule has 2 aromatic rings. The number of rotatable bonds is 5. The molecule has 0 radical (unpaired) electrons. The summed E-state index contributed by atoms with van der Waals surface area (Å²) in [5, 5.41) is 14.5. The first kappa shape index (κ1) is 15.1. The summed E-state index contributed by atoms with van der Waals surface area (Å²) in [6, 6.07) is 2.92. The van der Waals surface area contributed by atoms with E-state index < -0.39 is 21.7 Å². The average molecular weight is 313 g/mol. The third-order valence-electron chi connectivity index (χ3n) is 2.58. The van der Waals surface area contributed by atoms with Crippen LogP contribution in [0.25, 0.3) is 0 Å². The highest BCUT2D eigenvalue weighted by atomic mass is 32.2. The van der Waals surface area contributed by atoms with Gasteiger partial charge in [0.2, 0.25) is 15.9 Å². The van der Waals surface area contributed by atoms with E-state index in [1.54, 1.807) is 6.20 Å². The predicted octanol–water partition coefficient (Wildman–Crippen LogP) is 0.0934. The predicted molar refractivity (Wildman–Crippen MR) is 71.0 cm³/mol. The van der Waals surface area contributed by atoms with Crippen molar-refractivity contribution in [1.82, 2.24) is 15.0 Å². The Bertz CT molecular complexity index is 745. The molecule has 8 nitrogen and oxygen atoms in total. The van der Waals surface area contributed by atoms with Crippen LogP contribution in [0.3, 0.4) is 0 Å². The number of carbonyl (C=O) groups excluding carboxylic acids is 1. The molecule has 10 heteroatoms. The summed E-state index contributed by atoms with van der Waals surface area (Å²) in [6.07, 6.45) is 3.07. The Morgan fingerprint density at radius 1 is 1.43 bits per heavy atom. The molecule has 21 heavy (non-hydrogen) atoms. The van der Waals surface area contributed by atoms with Crippen LogP contribution in [-0.2, 0) is 21.4 Å². The molecule has 0 spiro atoms. The molecule has 2 rings (SSSR count). The largest absolute Gasteiger partial charge is 0.324 e. The second kappa shape index (κ2) is 5.97. The van der Waals surface area contributed by atoms with Gasteiger partial charge in [0.25, 0.3) is 0 Å². The van der Waals surface area contributed by atoms with Crippen molar-refractivity contribution < 1.29 is 17.6 Å². The minimum absolute atomic E-state index is 0.0302. The van der Waals surface area contributed by atoms with Crippen molar-refractivity contribution in [2.45, 2.75) is 17.9 Å². The Morgan fingerprint density at radius 2 is 2.19 bits per heavy atom. The number of anilines is 1. The third kappa shape index (κ3) is 4.07. The highest BCUT2D eigenvalue weighted by Gasteiger charge is 2.13. The normalized spacial score (nSPS) is 11.3. The molecule has 0 atom stereocenters. The lowest BCUT2D eigenvalue weighted by Crippen LogP contribution is -2.17. The first-order valence-corrected chi connectivity index (χ1v) is 7.37. The van der Waals surface area contributed by atoms with Crippen molar-refractivity contribution in [2.24, 2.45) is 5.14 Å². The van der Waals surface area contributed by atoms with Gasteiger partial charge in [0.1, 0.15) is 5.82 Å². The van der Waals surface area contributed by atoms with E-state index in [4.69, 9.17) is 5.14 Å². The number of hydrogen-bond acceptors (Lipinski definition) is 5. The molecule has 1 aromatic heterocycles. The SMILES string of the molecule is NS(=O)(=O)c1ccc(F)c(NC(=O)CCn2ccnn2)c1. The zero-order valence-corrected chi connectivity index (χ0v) is 11.5. The van der Waals surface area contributed by atoms with Crippen molar-refractivity contribution in [1.29, 1.82) is 0 Å². The van der Waals surface area contributed by atoms with E-state index in [0.717, 1.165) is 18.2 Å². The first-order valence-electron chi connectivity index (χ1n) is 5.82. The number of nitrogens with two attached hydrogens (primary N) is 1. The molecule has 0 aliphatic carbocycles. The minimum atomic E-state index is -3.97. The molecule has 0 bridgehead atoms.